The molecule has 0 bridgehead atoms. The molecule has 0 spiro atoms. The first kappa shape index (κ1) is 26.1. The highest BCUT2D eigenvalue weighted by atomic mass is 16.6. The van der Waals surface area contributed by atoms with Gasteiger partial charge in [0.2, 0.25) is 0 Å². The Bertz CT molecular complexity index is 886. The zero-order chi connectivity index (χ0) is 24.7. The Balaban J connectivity index is 3.19. The van der Waals surface area contributed by atoms with Crippen molar-refractivity contribution in [2.75, 3.05) is 20.3 Å². The van der Waals surface area contributed by atoms with Crippen molar-refractivity contribution in [2.45, 2.75) is 46.5 Å². The molecule has 0 unspecified atom stereocenters. The molecule has 2 rings (SSSR count). The zero-order valence-electron chi connectivity index (χ0n) is 20.3. The Morgan fingerprint density at radius 1 is 0.727 bits per heavy atom. The molecule has 0 fully saturated rings. The molecule has 0 aromatic heterocycles. The molecule has 2 aromatic rings. The van der Waals surface area contributed by atoms with Crippen LogP contribution in [0.25, 0.3) is 0 Å². The third kappa shape index (κ3) is 4.52. The van der Waals surface area contributed by atoms with E-state index in [1.165, 1.54) is 7.11 Å². The van der Waals surface area contributed by atoms with Gasteiger partial charge in [-0.1, -0.05) is 81.4 Å². The van der Waals surface area contributed by atoms with Crippen LogP contribution in [0.1, 0.15) is 52.2 Å². The summed E-state index contributed by atoms with van der Waals surface area (Å²) in [5.41, 5.74) is -2.77. The molecular weight excluding hydrogens is 420 g/mol. The van der Waals surface area contributed by atoms with Crippen molar-refractivity contribution in [3.8, 4) is 0 Å². The van der Waals surface area contributed by atoms with Crippen molar-refractivity contribution >= 4 is 17.9 Å². The number of hydrogen-bond donors (Lipinski definition) is 0. The van der Waals surface area contributed by atoms with E-state index < -0.39 is 40.6 Å². The van der Waals surface area contributed by atoms with E-state index in [1.54, 1.807) is 13.8 Å². The molecule has 0 N–H and O–H groups in total. The van der Waals surface area contributed by atoms with Crippen LogP contribution < -0.4 is 0 Å². The monoisotopic (exact) mass is 454 g/mol. The highest BCUT2D eigenvalue weighted by Crippen LogP contribution is 2.60. The summed E-state index contributed by atoms with van der Waals surface area (Å²) in [5, 5.41) is 0. The Kier molecular flexibility index (Phi) is 8.42. The lowest BCUT2D eigenvalue weighted by Crippen LogP contribution is -2.64. The van der Waals surface area contributed by atoms with E-state index in [0.717, 1.165) is 0 Å². The van der Waals surface area contributed by atoms with Crippen molar-refractivity contribution < 1.29 is 28.6 Å². The summed E-state index contributed by atoms with van der Waals surface area (Å²) in [6.07, 6.45) is -0.539. The average molecular weight is 455 g/mol. The number of rotatable bonds is 9. The number of benzene rings is 2. The molecule has 6 nitrogen and oxygen atoms in total. The summed E-state index contributed by atoms with van der Waals surface area (Å²) in [5.74, 6) is -2.36. The number of methoxy groups -OCH3 is 1. The molecule has 0 saturated carbocycles. The third-order valence-corrected chi connectivity index (χ3v) is 6.06. The van der Waals surface area contributed by atoms with Gasteiger partial charge in [-0.05, 0) is 30.4 Å². The maximum absolute atomic E-state index is 13.9. The summed E-state index contributed by atoms with van der Waals surface area (Å²) in [6.45, 7) is 9.22. The van der Waals surface area contributed by atoms with E-state index >= 15 is 0 Å². The molecule has 0 aliphatic carbocycles. The van der Waals surface area contributed by atoms with Gasteiger partial charge in [0.25, 0.3) is 0 Å². The fraction of sp³-hybridized carbons (Fsp3) is 0.444. The lowest BCUT2D eigenvalue weighted by molar-refractivity contribution is -0.186. The standard InChI is InChI=1S/C27H34O6/c1-7-32-23(29)26(19-22(28)31-6,24(30)33-8-2)27(25(3,4)5,20-15-11-9-12-16-20)21-17-13-10-14-18-21/h9-18H,7-8,19H2,1-6H3. The van der Waals surface area contributed by atoms with Crippen LogP contribution in [0.3, 0.4) is 0 Å². The first-order chi connectivity index (χ1) is 15.6. The molecule has 2 aromatic carbocycles. The number of ether oxygens (including phenoxy) is 3. The van der Waals surface area contributed by atoms with Crippen LogP contribution in [-0.4, -0.2) is 38.2 Å². The van der Waals surface area contributed by atoms with Gasteiger partial charge in [-0.2, -0.15) is 0 Å². The van der Waals surface area contributed by atoms with Crippen LogP contribution in [0.2, 0.25) is 0 Å². The topological polar surface area (TPSA) is 78.9 Å². The molecule has 0 heterocycles. The van der Waals surface area contributed by atoms with Gasteiger partial charge < -0.3 is 14.2 Å². The Hall–Kier alpha value is -3.15. The minimum Gasteiger partial charge on any atom is -0.469 e. The number of carbonyl (C=O) groups excluding carboxylic acids is 3. The van der Waals surface area contributed by atoms with E-state index in [4.69, 9.17) is 14.2 Å². The minimum absolute atomic E-state index is 0.0327. The van der Waals surface area contributed by atoms with Gasteiger partial charge in [-0.3, -0.25) is 14.4 Å². The minimum atomic E-state index is -2.05. The maximum atomic E-state index is 13.9. The number of carbonyl (C=O) groups is 3. The van der Waals surface area contributed by atoms with Crippen LogP contribution in [0.4, 0.5) is 0 Å². The van der Waals surface area contributed by atoms with E-state index in [1.807, 2.05) is 81.4 Å². The molecule has 0 saturated heterocycles. The quantitative estimate of drug-likeness (QED) is 0.311. The van der Waals surface area contributed by atoms with Crippen molar-refractivity contribution in [2.24, 2.45) is 10.8 Å². The lowest BCUT2D eigenvalue weighted by Gasteiger charge is -2.54. The first-order valence-corrected chi connectivity index (χ1v) is 11.2. The van der Waals surface area contributed by atoms with E-state index in [0.29, 0.717) is 11.1 Å². The second-order valence-corrected chi connectivity index (χ2v) is 8.83. The van der Waals surface area contributed by atoms with E-state index in [2.05, 4.69) is 0 Å². The Morgan fingerprint density at radius 2 is 1.12 bits per heavy atom. The predicted molar refractivity (Wildman–Crippen MR) is 125 cm³/mol. The Morgan fingerprint density at radius 3 is 1.42 bits per heavy atom. The molecule has 178 valence electrons. The molecule has 6 heteroatoms. The molecule has 0 aliphatic heterocycles. The average Bonchev–Trinajstić information content (AvgIpc) is 2.79. The van der Waals surface area contributed by atoms with Gasteiger partial charge in [0.1, 0.15) is 0 Å². The van der Waals surface area contributed by atoms with Crippen LogP contribution >= 0.6 is 0 Å². The third-order valence-electron chi connectivity index (χ3n) is 6.06. The smallest absolute Gasteiger partial charge is 0.325 e. The first-order valence-electron chi connectivity index (χ1n) is 11.2. The summed E-state index contributed by atoms with van der Waals surface area (Å²) < 4.78 is 16.0. The van der Waals surface area contributed by atoms with Crippen molar-refractivity contribution in [1.29, 1.82) is 0 Å². The van der Waals surface area contributed by atoms with Gasteiger partial charge in [0.15, 0.2) is 5.41 Å². The summed E-state index contributed by atoms with van der Waals surface area (Å²) in [4.78, 5) is 40.7. The second kappa shape index (κ2) is 10.6. The summed E-state index contributed by atoms with van der Waals surface area (Å²) in [6, 6.07) is 18.6. The summed E-state index contributed by atoms with van der Waals surface area (Å²) >= 11 is 0. The van der Waals surface area contributed by atoms with Crippen molar-refractivity contribution in [3.05, 3.63) is 71.8 Å². The van der Waals surface area contributed by atoms with Gasteiger partial charge in [-0.25, -0.2) is 0 Å². The van der Waals surface area contributed by atoms with Crippen molar-refractivity contribution in [1.82, 2.24) is 0 Å². The zero-order valence-corrected chi connectivity index (χ0v) is 20.3. The molecule has 0 aliphatic rings. The van der Waals surface area contributed by atoms with Gasteiger partial charge >= 0.3 is 17.9 Å². The lowest BCUT2D eigenvalue weighted by atomic mass is 9.45. The van der Waals surface area contributed by atoms with E-state index in [-0.39, 0.29) is 13.2 Å². The van der Waals surface area contributed by atoms with Gasteiger partial charge in [0, 0.05) is 0 Å². The second-order valence-electron chi connectivity index (χ2n) is 8.83. The SMILES string of the molecule is CCOC(=O)C(CC(=O)OC)(C(=O)OCC)C(c1ccccc1)(c1ccccc1)C(C)(C)C. The fourth-order valence-electron chi connectivity index (χ4n) is 5.01. The molecule has 0 radical (unpaired) electrons. The number of hydrogen-bond acceptors (Lipinski definition) is 6. The van der Waals surface area contributed by atoms with Gasteiger partial charge in [0.05, 0.1) is 32.2 Å². The van der Waals surface area contributed by atoms with Gasteiger partial charge in [-0.15, -0.1) is 0 Å². The predicted octanol–water partition coefficient (Wildman–Crippen LogP) is 4.69. The van der Waals surface area contributed by atoms with Crippen LogP contribution in [0, 0.1) is 10.8 Å². The fourth-order valence-corrected chi connectivity index (χ4v) is 5.01. The molecule has 0 amide bonds. The van der Waals surface area contributed by atoms with Crippen LogP contribution in [-0.2, 0) is 34.0 Å². The highest BCUT2D eigenvalue weighted by Gasteiger charge is 2.70. The maximum Gasteiger partial charge on any atom is 0.325 e. The Labute approximate surface area is 196 Å². The van der Waals surface area contributed by atoms with Crippen LogP contribution in [0.15, 0.2) is 60.7 Å². The van der Waals surface area contributed by atoms with Crippen LogP contribution in [0.5, 0.6) is 0 Å². The highest BCUT2D eigenvalue weighted by molar-refractivity contribution is 6.06. The molecule has 33 heavy (non-hydrogen) atoms. The summed E-state index contributed by atoms with van der Waals surface area (Å²) in [7, 11) is 1.23. The molecule has 0 atom stereocenters. The van der Waals surface area contributed by atoms with Crippen molar-refractivity contribution in [3.63, 3.8) is 0 Å². The largest absolute Gasteiger partial charge is 0.469 e. The number of esters is 3. The molecular formula is C27H34O6. The van der Waals surface area contributed by atoms with E-state index in [9.17, 15) is 14.4 Å². The normalized spacial score (nSPS) is 12.1.